The number of hydrogen-bond donors (Lipinski definition) is 0. The van der Waals surface area contributed by atoms with Crippen LogP contribution >= 0.6 is 0 Å². The Morgan fingerprint density at radius 2 is 2.00 bits per heavy atom. The van der Waals surface area contributed by atoms with Gasteiger partial charge in [-0.05, 0) is 50.6 Å². The third kappa shape index (κ3) is 4.73. The molecule has 0 radical (unpaired) electrons. The second kappa shape index (κ2) is 9.41. The molecular formula is C23H24N4O4. The molecule has 0 N–H and O–H groups in total. The van der Waals surface area contributed by atoms with Gasteiger partial charge in [0.1, 0.15) is 23.9 Å². The van der Waals surface area contributed by atoms with Gasteiger partial charge in [-0.2, -0.15) is 5.26 Å². The van der Waals surface area contributed by atoms with Gasteiger partial charge in [0.25, 0.3) is 5.56 Å². The zero-order valence-corrected chi connectivity index (χ0v) is 18.0. The van der Waals surface area contributed by atoms with Gasteiger partial charge < -0.3 is 14.0 Å². The third-order valence-electron chi connectivity index (χ3n) is 5.06. The summed E-state index contributed by atoms with van der Waals surface area (Å²) in [6, 6.07) is 10.5. The highest BCUT2D eigenvalue weighted by Gasteiger charge is 2.15. The predicted molar refractivity (Wildman–Crippen MR) is 115 cm³/mol. The molecule has 160 valence electrons. The fourth-order valence-corrected chi connectivity index (χ4v) is 3.45. The maximum Gasteiger partial charge on any atom is 0.349 e. The van der Waals surface area contributed by atoms with E-state index in [1.54, 1.807) is 19.2 Å². The lowest BCUT2D eigenvalue weighted by Gasteiger charge is -2.08. The van der Waals surface area contributed by atoms with E-state index in [1.807, 2.05) is 39.0 Å². The van der Waals surface area contributed by atoms with Crippen LogP contribution in [0.2, 0.25) is 0 Å². The van der Waals surface area contributed by atoms with Gasteiger partial charge in [0.2, 0.25) is 0 Å². The van der Waals surface area contributed by atoms with Crippen molar-refractivity contribution >= 4 is 17.7 Å². The molecule has 0 aliphatic heterocycles. The highest BCUT2D eigenvalue weighted by atomic mass is 16.5. The van der Waals surface area contributed by atoms with Gasteiger partial charge in [0, 0.05) is 36.8 Å². The summed E-state index contributed by atoms with van der Waals surface area (Å²) < 4.78 is 13.9. The Morgan fingerprint density at radius 3 is 2.71 bits per heavy atom. The van der Waals surface area contributed by atoms with Crippen LogP contribution in [0.5, 0.6) is 0 Å². The first kappa shape index (κ1) is 22.0. The lowest BCUT2D eigenvalue weighted by Crippen LogP contribution is -2.18. The summed E-state index contributed by atoms with van der Waals surface area (Å²) in [6.07, 6.45) is 1.51. The largest absolute Gasteiger partial charge is 0.455 e. The van der Waals surface area contributed by atoms with Crippen LogP contribution in [-0.2, 0) is 27.4 Å². The first-order chi connectivity index (χ1) is 14.8. The van der Waals surface area contributed by atoms with Crippen LogP contribution in [0, 0.1) is 32.1 Å². The number of carbonyl (C=O) groups excluding carboxylic acids is 1. The Balaban J connectivity index is 1.79. The Hall–Kier alpha value is -3.70. The van der Waals surface area contributed by atoms with Gasteiger partial charge in [-0.1, -0.05) is 6.07 Å². The predicted octanol–water partition coefficient (Wildman–Crippen LogP) is 2.72. The van der Waals surface area contributed by atoms with Gasteiger partial charge in [-0.3, -0.25) is 9.20 Å². The summed E-state index contributed by atoms with van der Waals surface area (Å²) in [5.41, 5.74) is 3.86. The fraction of sp³-hybridized carbons (Fsp3) is 0.304. The van der Waals surface area contributed by atoms with Crippen molar-refractivity contribution in [3.8, 4) is 6.07 Å². The number of aromatic nitrogens is 3. The quantitative estimate of drug-likeness (QED) is 0.331. The average Bonchev–Trinajstić information content (AvgIpc) is 3.01. The first-order valence-electron chi connectivity index (χ1n) is 9.78. The van der Waals surface area contributed by atoms with Gasteiger partial charge in [0.05, 0.1) is 12.3 Å². The van der Waals surface area contributed by atoms with Gasteiger partial charge in [0.15, 0.2) is 0 Å². The van der Waals surface area contributed by atoms with E-state index in [1.165, 1.54) is 16.5 Å². The van der Waals surface area contributed by atoms with Crippen molar-refractivity contribution in [3.63, 3.8) is 0 Å². The molecule has 0 unspecified atom stereocenters. The first-order valence-corrected chi connectivity index (χ1v) is 9.78. The maximum absolute atomic E-state index is 12.5. The highest BCUT2D eigenvalue weighted by molar-refractivity contribution is 5.98. The molecule has 3 aromatic heterocycles. The van der Waals surface area contributed by atoms with E-state index in [0.717, 1.165) is 22.6 Å². The van der Waals surface area contributed by atoms with Crippen LogP contribution in [0.25, 0.3) is 11.7 Å². The summed E-state index contributed by atoms with van der Waals surface area (Å²) in [7, 11) is 1.64. The van der Waals surface area contributed by atoms with Crippen molar-refractivity contribution < 1.29 is 14.3 Å². The van der Waals surface area contributed by atoms with Crippen molar-refractivity contribution in [2.24, 2.45) is 0 Å². The normalized spacial score (nSPS) is 11.5. The molecule has 0 bridgehead atoms. The lowest BCUT2D eigenvalue weighted by atomic mass is 10.1. The van der Waals surface area contributed by atoms with Crippen LogP contribution < -0.4 is 5.56 Å². The summed E-state index contributed by atoms with van der Waals surface area (Å²) in [6.45, 7) is 6.72. The van der Waals surface area contributed by atoms with Gasteiger partial charge in [-0.25, -0.2) is 9.78 Å². The molecule has 0 atom stereocenters. The summed E-state index contributed by atoms with van der Waals surface area (Å²) in [5, 5.41) is 9.46. The molecular weight excluding hydrogens is 396 g/mol. The van der Waals surface area contributed by atoms with Gasteiger partial charge in [-0.15, -0.1) is 0 Å². The molecule has 3 rings (SSSR count). The maximum atomic E-state index is 12.5. The highest BCUT2D eigenvalue weighted by Crippen LogP contribution is 2.19. The number of ether oxygens (including phenoxy) is 2. The molecule has 3 heterocycles. The van der Waals surface area contributed by atoms with E-state index in [0.29, 0.717) is 24.5 Å². The topological polar surface area (TPSA) is 98.6 Å². The minimum Gasteiger partial charge on any atom is -0.455 e. The number of hydrogen-bond acceptors (Lipinski definition) is 6. The number of fused-ring (bicyclic) bond motifs is 1. The van der Waals surface area contributed by atoms with Crippen LogP contribution in [0.15, 0.2) is 40.7 Å². The SMILES string of the molecule is COCCn1c(C)cc(/C=C(\C#N)C(=O)OCc2cc(=O)n3c(C)cccc3n2)c1C. The zero-order valence-electron chi connectivity index (χ0n) is 18.0. The van der Waals surface area contributed by atoms with E-state index in [9.17, 15) is 14.9 Å². The molecule has 0 aliphatic rings. The van der Waals surface area contributed by atoms with Crippen LogP contribution in [0.4, 0.5) is 0 Å². The number of methoxy groups -OCH3 is 1. The molecule has 0 aliphatic carbocycles. The van der Waals surface area contributed by atoms with Crippen LogP contribution in [0.1, 0.15) is 28.3 Å². The van der Waals surface area contributed by atoms with Crippen molar-refractivity contribution in [2.45, 2.75) is 33.9 Å². The van der Waals surface area contributed by atoms with Crippen molar-refractivity contribution in [1.82, 2.24) is 14.0 Å². The number of esters is 1. The minimum atomic E-state index is -0.768. The Labute approximate surface area is 180 Å². The molecule has 0 fully saturated rings. The number of nitriles is 1. The van der Waals surface area contributed by atoms with Crippen LogP contribution in [-0.4, -0.2) is 33.6 Å². The molecule has 8 nitrogen and oxygen atoms in total. The number of aryl methyl sites for hydroxylation is 2. The summed E-state index contributed by atoms with van der Waals surface area (Å²) >= 11 is 0. The Bertz CT molecular complexity index is 1260. The Kier molecular flexibility index (Phi) is 6.68. The number of nitrogens with zero attached hydrogens (tertiary/aromatic N) is 4. The summed E-state index contributed by atoms with van der Waals surface area (Å²) in [5.74, 6) is -0.768. The molecule has 0 amide bonds. The smallest absolute Gasteiger partial charge is 0.349 e. The molecule has 0 saturated carbocycles. The molecule has 8 heteroatoms. The monoisotopic (exact) mass is 420 g/mol. The average molecular weight is 420 g/mol. The van der Waals surface area contributed by atoms with Crippen LogP contribution in [0.3, 0.4) is 0 Å². The molecule has 0 saturated heterocycles. The van der Waals surface area contributed by atoms with Crippen molar-refractivity contribution in [2.75, 3.05) is 13.7 Å². The third-order valence-corrected chi connectivity index (χ3v) is 5.06. The van der Waals surface area contributed by atoms with Crippen molar-refractivity contribution in [1.29, 1.82) is 5.26 Å². The second-order valence-electron chi connectivity index (χ2n) is 7.16. The Morgan fingerprint density at radius 1 is 1.23 bits per heavy atom. The summed E-state index contributed by atoms with van der Waals surface area (Å²) in [4.78, 5) is 29.2. The van der Waals surface area contributed by atoms with E-state index in [4.69, 9.17) is 9.47 Å². The number of pyridine rings is 1. The number of rotatable bonds is 7. The van der Waals surface area contributed by atoms with Gasteiger partial charge >= 0.3 is 5.97 Å². The minimum absolute atomic E-state index is 0.125. The van der Waals surface area contributed by atoms with E-state index >= 15 is 0 Å². The second-order valence-corrected chi connectivity index (χ2v) is 7.16. The zero-order chi connectivity index (χ0) is 22.5. The number of carbonyl (C=O) groups is 1. The van der Waals surface area contributed by atoms with E-state index in [-0.39, 0.29) is 17.7 Å². The molecule has 0 aromatic carbocycles. The van der Waals surface area contributed by atoms with E-state index < -0.39 is 5.97 Å². The lowest BCUT2D eigenvalue weighted by molar-refractivity contribution is -0.139. The van der Waals surface area contributed by atoms with E-state index in [2.05, 4.69) is 9.55 Å². The molecule has 0 spiro atoms. The molecule has 31 heavy (non-hydrogen) atoms. The molecule has 3 aromatic rings. The van der Waals surface area contributed by atoms with Crippen molar-refractivity contribution in [3.05, 3.63) is 74.6 Å². The standard InChI is InChI=1S/C23H24N4O4/c1-15-6-5-7-21-25-20(12-22(28)27(15)21)14-31-23(29)19(13-24)11-18-10-16(2)26(17(18)3)8-9-30-4/h5-7,10-12H,8-9,14H2,1-4H3/b19-11+. The fourth-order valence-electron chi connectivity index (χ4n) is 3.45.